The molecule has 3 aromatic rings. The van der Waals surface area contributed by atoms with Crippen molar-refractivity contribution >= 4 is 16.6 Å². The summed E-state index contributed by atoms with van der Waals surface area (Å²) in [6, 6.07) is 16.2. The number of aliphatic hydroxyl groups is 1. The predicted octanol–water partition coefficient (Wildman–Crippen LogP) is 3.76. The van der Waals surface area contributed by atoms with Crippen molar-refractivity contribution in [2.75, 3.05) is 37.7 Å². The number of anilines is 1. The molecule has 1 atom stereocenters. The minimum Gasteiger partial charge on any atom is -0.488 e. The van der Waals surface area contributed by atoms with Gasteiger partial charge in [-0.1, -0.05) is 30.3 Å². The Hall–Kier alpha value is -2.63. The van der Waals surface area contributed by atoms with Gasteiger partial charge in [0.1, 0.15) is 18.1 Å². The SMILES string of the molecule is Cc1cccc(C)c1N1CCN(C(C)(O)COc2ccnc3ccccc23)CC1. The number of aromatic nitrogens is 1. The van der Waals surface area contributed by atoms with E-state index >= 15 is 0 Å². The fourth-order valence-electron chi connectivity index (χ4n) is 4.22. The van der Waals surface area contributed by atoms with Gasteiger partial charge in [-0.05, 0) is 50.1 Å². The first-order valence-electron chi connectivity index (χ1n) is 10.2. The Bertz CT molecular complexity index is 969. The number of pyridine rings is 1. The average molecular weight is 392 g/mol. The molecule has 0 radical (unpaired) electrons. The topological polar surface area (TPSA) is 48.8 Å². The number of rotatable bonds is 5. The molecule has 5 heteroatoms. The Balaban J connectivity index is 1.41. The largest absolute Gasteiger partial charge is 0.488 e. The molecule has 4 rings (SSSR count). The van der Waals surface area contributed by atoms with Crippen molar-refractivity contribution in [3.63, 3.8) is 0 Å². The summed E-state index contributed by atoms with van der Waals surface area (Å²) in [6.45, 7) is 9.74. The van der Waals surface area contributed by atoms with Gasteiger partial charge in [0.2, 0.25) is 0 Å². The standard InChI is InChI=1S/C24H29N3O2/c1-18-7-6-8-19(2)23(18)26-13-15-27(16-14-26)24(3,28)17-29-22-11-12-25-21-10-5-4-9-20(21)22/h4-12,28H,13-17H2,1-3H3. The summed E-state index contributed by atoms with van der Waals surface area (Å²) in [5.41, 5.74) is 3.80. The second-order valence-electron chi connectivity index (χ2n) is 8.05. The molecule has 0 bridgehead atoms. The lowest BCUT2D eigenvalue weighted by atomic mass is 10.1. The average Bonchev–Trinajstić information content (AvgIpc) is 2.72. The highest BCUT2D eigenvalue weighted by Crippen LogP contribution is 2.28. The molecule has 5 nitrogen and oxygen atoms in total. The number of ether oxygens (including phenoxy) is 1. The molecule has 1 fully saturated rings. The molecule has 1 aliphatic heterocycles. The van der Waals surface area contributed by atoms with Gasteiger partial charge in [-0.15, -0.1) is 0 Å². The van der Waals surface area contributed by atoms with Gasteiger partial charge in [-0.25, -0.2) is 0 Å². The number of nitrogens with zero attached hydrogens (tertiary/aromatic N) is 3. The highest BCUT2D eigenvalue weighted by atomic mass is 16.5. The first kappa shape index (κ1) is 19.7. The number of piperazine rings is 1. The maximum atomic E-state index is 11.1. The second-order valence-corrected chi connectivity index (χ2v) is 8.05. The Morgan fingerprint density at radius 2 is 1.66 bits per heavy atom. The van der Waals surface area contributed by atoms with Crippen LogP contribution in [0.3, 0.4) is 0 Å². The summed E-state index contributed by atoms with van der Waals surface area (Å²) in [5, 5.41) is 12.1. The summed E-state index contributed by atoms with van der Waals surface area (Å²) >= 11 is 0. The van der Waals surface area contributed by atoms with Crippen LogP contribution in [-0.4, -0.2) is 53.5 Å². The Kier molecular flexibility index (Phi) is 5.43. The van der Waals surface area contributed by atoms with E-state index in [-0.39, 0.29) is 6.61 Å². The van der Waals surface area contributed by atoms with Crippen LogP contribution >= 0.6 is 0 Å². The van der Waals surface area contributed by atoms with Crippen LogP contribution < -0.4 is 9.64 Å². The molecule has 152 valence electrons. The van der Waals surface area contributed by atoms with Crippen LogP contribution in [0.15, 0.2) is 54.7 Å². The number of benzene rings is 2. The summed E-state index contributed by atoms with van der Waals surface area (Å²) in [6.07, 6.45) is 1.75. The van der Waals surface area contributed by atoms with Gasteiger partial charge >= 0.3 is 0 Å². The van der Waals surface area contributed by atoms with E-state index in [2.05, 4.69) is 46.8 Å². The molecule has 2 heterocycles. The van der Waals surface area contributed by atoms with Gasteiger partial charge in [-0.3, -0.25) is 9.88 Å². The Morgan fingerprint density at radius 3 is 2.38 bits per heavy atom. The fraction of sp³-hybridized carbons (Fsp3) is 0.375. The van der Waals surface area contributed by atoms with Crippen LogP contribution in [0.1, 0.15) is 18.1 Å². The molecule has 1 N–H and O–H groups in total. The molecule has 1 saturated heterocycles. The first-order valence-corrected chi connectivity index (χ1v) is 10.2. The van der Waals surface area contributed by atoms with Gasteiger partial charge in [0.15, 0.2) is 0 Å². The van der Waals surface area contributed by atoms with E-state index in [9.17, 15) is 5.11 Å². The normalized spacial score (nSPS) is 17.3. The number of aryl methyl sites for hydroxylation is 2. The van der Waals surface area contributed by atoms with Gasteiger partial charge < -0.3 is 14.7 Å². The lowest BCUT2D eigenvalue weighted by Crippen LogP contribution is -2.58. The van der Waals surface area contributed by atoms with E-state index in [0.29, 0.717) is 0 Å². The lowest BCUT2D eigenvalue weighted by Gasteiger charge is -2.43. The summed E-state index contributed by atoms with van der Waals surface area (Å²) in [5.74, 6) is 0.755. The monoisotopic (exact) mass is 391 g/mol. The highest BCUT2D eigenvalue weighted by molar-refractivity contribution is 5.84. The van der Waals surface area contributed by atoms with Crippen LogP contribution in [0.4, 0.5) is 5.69 Å². The van der Waals surface area contributed by atoms with Crippen molar-refractivity contribution in [1.82, 2.24) is 9.88 Å². The molecule has 29 heavy (non-hydrogen) atoms. The number of fused-ring (bicyclic) bond motifs is 1. The minimum absolute atomic E-state index is 0.213. The third-order valence-corrected chi connectivity index (χ3v) is 5.83. The zero-order valence-electron chi connectivity index (χ0n) is 17.4. The van der Waals surface area contributed by atoms with Crippen LogP contribution in [-0.2, 0) is 0 Å². The zero-order chi connectivity index (χ0) is 20.4. The zero-order valence-corrected chi connectivity index (χ0v) is 17.4. The molecule has 0 aliphatic carbocycles. The molecule has 1 unspecified atom stereocenters. The van der Waals surface area contributed by atoms with E-state index in [4.69, 9.17) is 4.74 Å². The van der Waals surface area contributed by atoms with E-state index in [0.717, 1.165) is 42.8 Å². The number of hydrogen-bond donors (Lipinski definition) is 1. The third-order valence-electron chi connectivity index (χ3n) is 5.83. The maximum absolute atomic E-state index is 11.1. The highest BCUT2D eigenvalue weighted by Gasteiger charge is 2.33. The van der Waals surface area contributed by atoms with Gasteiger partial charge in [0, 0.05) is 43.4 Å². The number of para-hydroxylation sites is 2. The molecular weight excluding hydrogens is 362 g/mol. The van der Waals surface area contributed by atoms with Gasteiger partial charge in [-0.2, -0.15) is 0 Å². The molecule has 2 aromatic carbocycles. The van der Waals surface area contributed by atoms with Crippen LogP contribution in [0.2, 0.25) is 0 Å². The van der Waals surface area contributed by atoms with Crippen molar-refractivity contribution in [3.8, 4) is 5.75 Å². The van der Waals surface area contributed by atoms with E-state index < -0.39 is 5.72 Å². The van der Waals surface area contributed by atoms with Crippen molar-refractivity contribution in [3.05, 3.63) is 65.9 Å². The molecule has 1 aliphatic rings. The smallest absolute Gasteiger partial charge is 0.150 e. The van der Waals surface area contributed by atoms with Crippen molar-refractivity contribution in [2.24, 2.45) is 0 Å². The van der Waals surface area contributed by atoms with Crippen LogP contribution in [0.25, 0.3) is 10.9 Å². The predicted molar refractivity (Wildman–Crippen MR) is 118 cm³/mol. The van der Waals surface area contributed by atoms with Crippen molar-refractivity contribution in [1.29, 1.82) is 0 Å². The molecule has 0 saturated carbocycles. The third kappa shape index (κ3) is 4.07. The first-order chi connectivity index (χ1) is 14.0. The van der Waals surface area contributed by atoms with Gasteiger partial charge in [0.25, 0.3) is 0 Å². The summed E-state index contributed by atoms with van der Waals surface area (Å²) in [4.78, 5) is 8.91. The maximum Gasteiger partial charge on any atom is 0.150 e. The van der Waals surface area contributed by atoms with E-state index in [1.165, 1.54) is 16.8 Å². The molecule has 0 amide bonds. The Labute approximate surface area is 172 Å². The quantitative estimate of drug-likeness (QED) is 0.718. The van der Waals surface area contributed by atoms with Crippen molar-refractivity contribution in [2.45, 2.75) is 26.5 Å². The second kappa shape index (κ2) is 8.01. The lowest BCUT2D eigenvalue weighted by molar-refractivity contribution is -0.120. The van der Waals surface area contributed by atoms with Crippen LogP contribution in [0.5, 0.6) is 5.75 Å². The van der Waals surface area contributed by atoms with Crippen LogP contribution in [0, 0.1) is 13.8 Å². The summed E-state index contributed by atoms with van der Waals surface area (Å²) < 4.78 is 6.04. The minimum atomic E-state index is -1.03. The van der Waals surface area contributed by atoms with E-state index in [1.807, 2.05) is 37.3 Å². The number of hydrogen-bond acceptors (Lipinski definition) is 5. The van der Waals surface area contributed by atoms with Gasteiger partial charge in [0.05, 0.1) is 5.52 Å². The molecule has 0 spiro atoms. The summed E-state index contributed by atoms with van der Waals surface area (Å²) in [7, 11) is 0. The van der Waals surface area contributed by atoms with E-state index in [1.54, 1.807) is 6.20 Å². The molecule has 1 aromatic heterocycles. The fourth-order valence-corrected chi connectivity index (χ4v) is 4.22. The van der Waals surface area contributed by atoms with Crippen molar-refractivity contribution < 1.29 is 9.84 Å². The Morgan fingerprint density at radius 1 is 0.966 bits per heavy atom. The molecular formula is C24H29N3O2.